The van der Waals surface area contributed by atoms with Gasteiger partial charge in [0.25, 0.3) is 0 Å². The number of halogens is 2. The Bertz CT molecular complexity index is 802. The number of rotatable bonds is 4. The minimum Gasteiger partial charge on any atom is -0.486 e. The maximum atomic E-state index is 6.07. The van der Waals surface area contributed by atoms with Crippen molar-refractivity contribution in [3.05, 3.63) is 64.3 Å². The van der Waals surface area contributed by atoms with E-state index in [1.165, 1.54) is 0 Å². The van der Waals surface area contributed by atoms with Crippen molar-refractivity contribution >= 4 is 28.9 Å². The molecule has 0 fully saturated rings. The number of H-pyrrole nitrogens is 1. The van der Waals surface area contributed by atoms with Gasteiger partial charge in [-0.3, -0.25) is 5.10 Å². The van der Waals surface area contributed by atoms with Crippen molar-refractivity contribution in [2.45, 2.75) is 6.61 Å². The van der Waals surface area contributed by atoms with Crippen LogP contribution >= 0.6 is 23.2 Å². The first kappa shape index (κ1) is 14.8. The van der Waals surface area contributed by atoms with Gasteiger partial charge >= 0.3 is 0 Å². The summed E-state index contributed by atoms with van der Waals surface area (Å²) in [5, 5.41) is 8.25. The van der Waals surface area contributed by atoms with E-state index in [0.29, 0.717) is 28.1 Å². The van der Waals surface area contributed by atoms with E-state index >= 15 is 0 Å². The van der Waals surface area contributed by atoms with Crippen LogP contribution in [-0.2, 0) is 6.61 Å². The first-order chi connectivity index (χ1) is 10.6. The van der Waals surface area contributed by atoms with Crippen LogP contribution in [0.1, 0.15) is 5.69 Å². The summed E-state index contributed by atoms with van der Waals surface area (Å²) in [6.45, 7) is 0.330. The van der Waals surface area contributed by atoms with Crippen LogP contribution in [0.15, 0.2) is 48.5 Å². The molecule has 3 rings (SSSR count). The highest BCUT2D eigenvalue weighted by molar-refractivity contribution is 6.35. The molecule has 0 radical (unpaired) electrons. The highest BCUT2D eigenvalue weighted by atomic mass is 35.5. The third-order valence-corrected chi connectivity index (χ3v) is 3.62. The highest BCUT2D eigenvalue weighted by Gasteiger charge is 2.07. The normalized spacial score (nSPS) is 10.6. The van der Waals surface area contributed by atoms with Crippen LogP contribution in [0.4, 0.5) is 5.69 Å². The van der Waals surface area contributed by atoms with Crippen LogP contribution in [-0.4, -0.2) is 10.2 Å². The third kappa shape index (κ3) is 3.35. The number of aromatic amines is 1. The van der Waals surface area contributed by atoms with E-state index in [-0.39, 0.29) is 0 Å². The summed E-state index contributed by atoms with van der Waals surface area (Å²) in [6, 6.07) is 14.6. The molecule has 0 aliphatic carbocycles. The number of anilines is 1. The van der Waals surface area contributed by atoms with Gasteiger partial charge in [0.2, 0.25) is 0 Å². The molecule has 0 spiro atoms. The molecule has 0 aliphatic rings. The first-order valence-electron chi connectivity index (χ1n) is 6.60. The Labute approximate surface area is 137 Å². The van der Waals surface area contributed by atoms with E-state index in [0.717, 1.165) is 17.0 Å². The molecule has 3 aromatic rings. The second kappa shape index (κ2) is 6.30. The molecule has 0 saturated heterocycles. The lowest BCUT2D eigenvalue weighted by Gasteiger charge is -2.06. The van der Waals surface area contributed by atoms with Crippen molar-refractivity contribution in [1.82, 2.24) is 10.2 Å². The number of hydrogen-bond acceptors (Lipinski definition) is 3. The van der Waals surface area contributed by atoms with Gasteiger partial charge in [-0.15, -0.1) is 0 Å². The summed E-state index contributed by atoms with van der Waals surface area (Å²) in [7, 11) is 0. The Morgan fingerprint density at radius 2 is 1.95 bits per heavy atom. The molecule has 0 unspecified atom stereocenters. The van der Waals surface area contributed by atoms with Gasteiger partial charge in [-0.2, -0.15) is 5.10 Å². The van der Waals surface area contributed by atoms with Gasteiger partial charge in [0, 0.05) is 16.3 Å². The zero-order valence-electron chi connectivity index (χ0n) is 11.5. The summed E-state index contributed by atoms with van der Waals surface area (Å²) in [5.41, 5.74) is 9.08. The Kier molecular flexibility index (Phi) is 4.22. The summed E-state index contributed by atoms with van der Waals surface area (Å²) in [6.07, 6.45) is 0. The number of ether oxygens (including phenoxy) is 1. The number of benzene rings is 2. The van der Waals surface area contributed by atoms with Gasteiger partial charge in [0.1, 0.15) is 12.4 Å². The van der Waals surface area contributed by atoms with E-state index < -0.39 is 0 Å². The smallest absolute Gasteiger partial charge is 0.138 e. The molecule has 4 nitrogen and oxygen atoms in total. The molecule has 1 aromatic heterocycles. The maximum absolute atomic E-state index is 6.07. The second-order valence-electron chi connectivity index (χ2n) is 4.77. The number of hydrogen-bond donors (Lipinski definition) is 2. The average molecular weight is 334 g/mol. The molecule has 0 aliphatic heterocycles. The molecular weight excluding hydrogens is 321 g/mol. The predicted molar refractivity (Wildman–Crippen MR) is 89.2 cm³/mol. The van der Waals surface area contributed by atoms with Crippen LogP contribution in [0.2, 0.25) is 10.0 Å². The van der Waals surface area contributed by atoms with Crippen molar-refractivity contribution < 1.29 is 4.74 Å². The predicted octanol–water partition coefficient (Wildman–Crippen LogP) is 4.54. The van der Waals surface area contributed by atoms with Crippen molar-refractivity contribution in [3.8, 4) is 17.0 Å². The zero-order valence-corrected chi connectivity index (χ0v) is 13.0. The Balaban J connectivity index is 1.72. The molecule has 3 N–H and O–H groups in total. The fraction of sp³-hybridized carbons (Fsp3) is 0.0625. The molecule has 1 heterocycles. The van der Waals surface area contributed by atoms with Gasteiger partial charge in [-0.25, -0.2) is 0 Å². The average Bonchev–Trinajstić information content (AvgIpc) is 2.95. The number of nitrogen functional groups attached to an aromatic ring is 1. The molecule has 2 aromatic carbocycles. The van der Waals surface area contributed by atoms with Crippen molar-refractivity contribution in [3.63, 3.8) is 0 Å². The number of nitrogens with zero attached hydrogens (tertiary/aromatic N) is 1. The summed E-state index contributed by atoms with van der Waals surface area (Å²) >= 11 is 11.9. The fourth-order valence-corrected chi connectivity index (χ4v) is 2.49. The van der Waals surface area contributed by atoms with Crippen molar-refractivity contribution in [2.24, 2.45) is 0 Å². The van der Waals surface area contributed by atoms with Gasteiger partial charge in [-0.05, 0) is 36.4 Å². The molecule has 0 amide bonds. The lowest BCUT2D eigenvalue weighted by Crippen LogP contribution is -1.96. The number of nitrogens with one attached hydrogen (secondary N) is 1. The van der Waals surface area contributed by atoms with Gasteiger partial charge in [0.15, 0.2) is 0 Å². The van der Waals surface area contributed by atoms with Crippen LogP contribution in [0, 0.1) is 0 Å². The minimum absolute atomic E-state index is 0.330. The molecule has 6 heteroatoms. The van der Waals surface area contributed by atoms with Crippen LogP contribution in [0.5, 0.6) is 5.75 Å². The minimum atomic E-state index is 0.330. The topological polar surface area (TPSA) is 63.9 Å². The highest BCUT2D eigenvalue weighted by Crippen LogP contribution is 2.28. The maximum Gasteiger partial charge on any atom is 0.138 e. The van der Waals surface area contributed by atoms with E-state index in [4.69, 9.17) is 33.7 Å². The first-order valence-corrected chi connectivity index (χ1v) is 7.35. The molecule has 22 heavy (non-hydrogen) atoms. The zero-order chi connectivity index (χ0) is 15.5. The summed E-state index contributed by atoms with van der Waals surface area (Å²) in [4.78, 5) is 0. The Morgan fingerprint density at radius 1 is 1.09 bits per heavy atom. The molecule has 0 bridgehead atoms. The van der Waals surface area contributed by atoms with Gasteiger partial charge < -0.3 is 10.5 Å². The monoisotopic (exact) mass is 333 g/mol. The van der Waals surface area contributed by atoms with E-state index in [1.807, 2.05) is 30.3 Å². The van der Waals surface area contributed by atoms with Crippen molar-refractivity contribution in [2.75, 3.05) is 5.73 Å². The molecule has 0 saturated carbocycles. The number of aromatic nitrogens is 2. The van der Waals surface area contributed by atoms with Gasteiger partial charge in [-0.1, -0.05) is 35.3 Å². The standard InChI is InChI=1S/C16H13Cl2N3O/c17-11-4-5-16(14(18)7-11)22-9-13-8-15(21-20-13)10-2-1-3-12(19)6-10/h1-8H,9,19H2,(H,20,21). The van der Waals surface area contributed by atoms with E-state index in [1.54, 1.807) is 18.2 Å². The fourth-order valence-electron chi connectivity index (χ4n) is 2.03. The largest absolute Gasteiger partial charge is 0.486 e. The summed E-state index contributed by atoms with van der Waals surface area (Å²) in [5.74, 6) is 0.575. The lowest BCUT2D eigenvalue weighted by molar-refractivity contribution is 0.301. The van der Waals surface area contributed by atoms with Crippen LogP contribution in [0.25, 0.3) is 11.3 Å². The summed E-state index contributed by atoms with van der Waals surface area (Å²) < 4.78 is 5.66. The third-order valence-electron chi connectivity index (χ3n) is 3.09. The second-order valence-corrected chi connectivity index (χ2v) is 5.61. The molecular formula is C16H13Cl2N3O. The van der Waals surface area contributed by atoms with Crippen LogP contribution < -0.4 is 10.5 Å². The van der Waals surface area contributed by atoms with Crippen molar-refractivity contribution in [1.29, 1.82) is 0 Å². The Morgan fingerprint density at radius 3 is 2.73 bits per heavy atom. The van der Waals surface area contributed by atoms with E-state index in [9.17, 15) is 0 Å². The SMILES string of the molecule is Nc1cccc(-c2cc(COc3ccc(Cl)cc3Cl)[nH]n2)c1. The van der Waals surface area contributed by atoms with Crippen LogP contribution in [0.3, 0.4) is 0 Å². The number of nitrogens with two attached hydrogens (primary N) is 1. The molecule has 112 valence electrons. The lowest BCUT2D eigenvalue weighted by atomic mass is 10.1. The van der Waals surface area contributed by atoms with Gasteiger partial charge in [0.05, 0.1) is 16.4 Å². The Hall–Kier alpha value is -2.17. The quantitative estimate of drug-likeness (QED) is 0.688. The van der Waals surface area contributed by atoms with E-state index in [2.05, 4.69) is 10.2 Å². The molecule has 0 atom stereocenters.